The molecule has 0 aliphatic rings. The van der Waals surface area contributed by atoms with Gasteiger partial charge in [0.1, 0.15) is 6.54 Å². The number of para-hydroxylation sites is 2. The molecule has 0 saturated carbocycles. The molecule has 3 aromatic carbocycles. The number of aromatic nitrogens is 2. The fourth-order valence-corrected chi connectivity index (χ4v) is 3.53. The highest BCUT2D eigenvalue weighted by molar-refractivity contribution is 5.95. The maximum atomic E-state index is 12.8. The third kappa shape index (κ3) is 3.67. The zero-order valence-electron chi connectivity index (χ0n) is 16.3. The molecule has 1 aromatic heterocycles. The molecule has 1 N–H and O–H groups in total. The normalized spacial score (nSPS) is 10.8. The van der Waals surface area contributed by atoms with Crippen LogP contribution in [0, 0.1) is 13.8 Å². The van der Waals surface area contributed by atoms with Crippen molar-refractivity contribution in [2.45, 2.75) is 20.4 Å². The molecule has 0 aliphatic heterocycles. The number of carbonyl (C=O) groups is 1. The first kappa shape index (κ1) is 18.6. The van der Waals surface area contributed by atoms with E-state index in [1.54, 1.807) is 0 Å². The molecule has 0 saturated heterocycles. The Hall–Kier alpha value is -3.73. The molecule has 29 heavy (non-hydrogen) atoms. The molecule has 0 spiro atoms. The summed E-state index contributed by atoms with van der Waals surface area (Å²) in [6, 6.07) is 23.0. The highest BCUT2D eigenvalue weighted by atomic mass is 16.2. The molecule has 4 rings (SSSR count). The Bertz CT molecular complexity index is 1240. The number of fused-ring (bicyclic) bond motifs is 1. The van der Waals surface area contributed by atoms with Crippen molar-refractivity contribution >= 4 is 22.5 Å². The lowest BCUT2D eigenvalue weighted by Crippen LogP contribution is -2.30. The molecule has 1 heterocycles. The van der Waals surface area contributed by atoms with Crippen LogP contribution in [0.2, 0.25) is 0 Å². The van der Waals surface area contributed by atoms with E-state index in [1.165, 1.54) is 4.57 Å². The number of hydrogen-bond donors (Lipinski definition) is 1. The van der Waals surface area contributed by atoms with Gasteiger partial charge in [-0.1, -0.05) is 66.7 Å². The van der Waals surface area contributed by atoms with Gasteiger partial charge in [0.2, 0.25) is 5.91 Å². The number of rotatable bonds is 4. The van der Waals surface area contributed by atoms with Crippen LogP contribution in [0.15, 0.2) is 77.6 Å². The van der Waals surface area contributed by atoms with Crippen molar-refractivity contribution < 1.29 is 4.79 Å². The van der Waals surface area contributed by atoms with E-state index in [4.69, 9.17) is 0 Å². The lowest BCUT2D eigenvalue weighted by Gasteiger charge is -2.14. The Morgan fingerprint density at radius 2 is 1.55 bits per heavy atom. The molecular formula is C24H21N3O2. The first-order valence-electron chi connectivity index (χ1n) is 9.45. The second-order valence-corrected chi connectivity index (χ2v) is 7.03. The minimum Gasteiger partial charge on any atom is -0.324 e. The number of amides is 1. The third-order valence-corrected chi connectivity index (χ3v) is 4.98. The maximum absolute atomic E-state index is 12.8. The van der Waals surface area contributed by atoms with E-state index in [9.17, 15) is 9.59 Å². The van der Waals surface area contributed by atoms with E-state index in [1.807, 2.05) is 86.6 Å². The standard InChI is InChI=1S/C24H21N3O2/c1-16-9-8-10-17(2)22(16)25-21(28)15-27-20-14-7-6-13-19(20)23(26-24(27)29)18-11-4-3-5-12-18/h3-14H,15H2,1-2H3,(H,25,28). The van der Waals surface area contributed by atoms with Gasteiger partial charge in [-0.25, -0.2) is 4.79 Å². The van der Waals surface area contributed by atoms with Crippen LogP contribution in [-0.4, -0.2) is 15.5 Å². The molecule has 5 heteroatoms. The van der Waals surface area contributed by atoms with Crippen molar-refractivity contribution in [3.8, 4) is 11.3 Å². The zero-order valence-corrected chi connectivity index (χ0v) is 16.3. The minimum atomic E-state index is -0.445. The molecular weight excluding hydrogens is 362 g/mol. The van der Waals surface area contributed by atoms with E-state index in [0.29, 0.717) is 11.2 Å². The van der Waals surface area contributed by atoms with Gasteiger partial charge in [0, 0.05) is 16.6 Å². The number of nitrogens with one attached hydrogen (secondary N) is 1. The Kier molecular flexibility index (Phi) is 4.96. The Balaban J connectivity index is 1.75. The zero-order chi connectivity index (χ0) is 20.4. The lowest BCUT2D eigenvalue weighted by molar-refractivity contribution is -0.116. The number of benzene rings is 3. The quantitative estimate of drug-likeness (QED) is 0.571. The maximum Gasteiger partial charge on any atom is 0.349 e. The predicted octanol–water partition coefficient (Wildman–Crippen LogP) is 4.32. The van der Waals surface area contributed by atoms with E-state index in [0.717, 1.165) is 27.8 Å². The predicted molar refractivity (Wildman–Crippen MR) is 116 cm³/mol. The van der Waals surface area contributed by atoms with Gasteiger partial charge in [0.25, 0.3) is 0 Å². The summed E-state index contributed by atoms with van der Waals surface area (Å²) in [5.41, 5.74) is 4.47. The monoisotopic (exact) mass is 383 g/mol. The van der Waals surface area contributed by atoms with Crippen LogP contribution in [0.4, 0.5) is 5.69 Å². The van der Waals surface area contributed by atoms with Crippen LogP contribution in [0.3, 0.4) is 0 Å². The van der Waals surface area contributed by atoms with Crippen LogP contribution in [0.5, 0.6) is 0 Å². The Morgan fingerprint density at radius 3 is 2.28 bits per heavy atom. The second kappa shape index (κ2) is 7.72. The van der Waals surface area contributed by atoms with E-state index >= 15 is 0 Å². The lowest BCUT2D eigenvalue weighted by atomic mass is 10.1. The Labute approximate surface area is 168 Å². The van der Waals surface area contributed by atoms with Gasteiger partial charge in [-0.05, 0) is 31.0 Å². The number of hydrogen-bond acceptors (Lipinski definition) is 3. The van der Waals surface area contributed by atoms with Crippen LogP contribution in [0.25, 0.3) is 22.2 Å². The Morgan fingerprint density at radius 1 is 0.897 bits per heavy atom. The van der Waals surface area contributed by atoms with Gasteiger partial charge in [-0.3, -0.25) is 9.36 Å². The molecule has 144 valence electrons. The molecule has 0 unspecified atom stereocenters. The summed E-state index contributed by atoms with van der Waals surface area (Å²) in [5, 5.41) is 3.77. The first-order chi connectivity index (χ1) is 14.0. The number of anilines is 1. The largest absolute Gasteiger partial charge is 0.349 e. The van der Waals surface area contributed by atoms with E-state index < -0.39 is 5.69 Å². The fraction of sp³-hybridized carbons (Fsp3) is 0.125. The van der Waals surface area contributed by atoms with Crippen LogP contribution < -0.4 is 11.0 Å². The first-order valence-corrected chi connectivity index (χ1v) is 9.45. The SMILES string of the molecule is Cc1cccc(C)c1NC(=O)Cn1c(=O)nc(-c2ccccc2)c2ccccc21. The van der Waals surface area contributed by atoms with Gasteiger partial charge < -0.3 is 5.32 Å². The summed E-state index contributed by atoms with van der Waals surface area (Å²) in [6.45, 7) is 3.79. The summed E-state index contributed by atoms with van der Waals surface area (Å²) in [7, 11) is 0. The molecule has 4 aromatic rings. The molecule has 0 fully saturated rings. The minimum absolute atomic E-state index is 0.102. The fourth-order valence-electron chi connectivity index (χ4n) is 3.53. The average Bonchev–Trinajstić information content (AvgIpc) is 2.73. The summed E-state index contributed by atoms with van der Waals surface area (Å²) in [6.07, 6.45) is 0. The number of nitrogens with zero attached hydrogens (tertiary/aromatic N) is 2. The molecule has 5 nitrogen and oxygen atoms in total. The summed E-state index contributed by atoms with van der Waals surface area (Å²) < 4.78 is 1.42. The summed E-state index contributed by atoms with van der Waals surface area (Å²) in [4.78, 5) is 29.9. The molecule has 0 atom stereocenters. The van der Waals surface area contributed by atoms with Gasteiger partial charge in [0.15, 0.2) is 0 Å². The van der Waals surface area contributed by atoms with Crippen LogP contribution in [-0.2, 0) is 11.3 Å². The second-order valence-electron chi connectivity index (χ2n) is 7.03. The highest BCUT2D eigenvalue weighted by Gasteiger charge is 2.15. The molecule has 0 radical (unpaired) electrons. The number of aryl methyl sites for hydroxylation is 2. The van der Waals surface area contributed by atoms with Crippen LogP contribution >= 0.6 is 0 Å². The van der Waals surface area contributed by atoms with Crippen molar-refractivity contribution in [1.82, 2.24) is 9.55 Å². The van der Waals surface area contributed by atoms with Gasteiger partial charge in [-0.15, -0.1) is 0 Å². The van der Waals surface area contributed by atoms with E-state index in [2.05, 4.69) is 10.3 Å². The van der Waals surface area contributed by atoms with Crippen molar-refractivity contribution in [3.05, 3.63) is 94.4 Å². The van der Waals surface area contributed by atoms with Crippen LogP contribution in [0.1, 0.15) is 11.1 Å². The highest BCUT2D eigenvalue weighted by Crippen LogP contribution is 2.25. The smallest absolute Gasteiger partial charge is 0.324 e. The van der Waals surface area contributed by atoms with Gasteiger partial charge in [-0.2, -0.15) is 4.98 Å². The van der Waals surface area contributed by atoms with Gasteiger partial charge in [0.05, 0.1) is 11.2 Å². The van der Waals surface area contributed by atoms with Crippen molar-refractivity contribution in [2.24, 2.45) is 0 Å². The van der Waals surface area contributed by atoms with Gasteiger partial charge >= 0.3 is 5.69 Å². The average molecular weight is 383 g/mol. The molecule has 1 amide bonds. The van der Waals surface area contributed by atoms with E-state index in [-0.39, 0.29) is 12.5 Å². The molecule has 0 bridgehead atoms. The van der Waals surface area contributed by atoms with Crippen molar-refractivity contribution in [3.63, 3.8) is 0 Å². The number of carbonyl (C=O) groups excluding carboxylic acids is 1. The summed E-state index contributed by atoms with van der Waals surface area (Å²) >= 11 is 0. The third-order valence-electron chi connectivity index (χ3n) is 4.98. The van der Waals surface area contributed by atoms with Crippen molar-refractivity contribution in [1.29, 1.82) is 0 Å². The van der Waals surface area contributed by atoms with Crippen molar-refractivity contribution in [2.75, 3.05) is 5.32 Å². The summed E-state index contributed by atoms with van der Waals surface area (Å²) in [5.74, 6) is -0.260. The topological polar surface area (TPSA) is 64.0 Å². The molecule has 0 aliphatic carbocycles.